The first-order valence-electron chi connectivity index (χ1n) is 3.55. The molecule has 2 nitrogen and oxygen atoms in total. The summed E-state index contributed by atoms with van der Waals surface area (Å²) in [5.74, 6) is 0. The molecule has 1 aliphatic rings. The Morgan fingerprint density at radius 3 is 2.33 bits per heavy atom. The van der Waals surface area contributed by atoms with Crippen LogP contribution in [0.3, 0.4) is 0 Å². The molecule has 1 rings (SSSR count). The zero-order chi connectivity index (χ0) is 6.91. The molecule has 2 heteroatoms. The van der Waals surface area contributed by atoms with E-state index in [1.807, 2.05) is 0 Å². The maximum Gasteiger partial charge on any atom is 0.0587 e. The first kappa shape index (κ1) is 7.03. The predicted octanol–water partition coefficient (Wildman–Crippen LogP) is 0.496. The molecule has 1 unspecified atom stereocenters. The van der Waals surface area contributed by atoms with Crippen LogP contribution in [0, 0.1) is 5.41 Å². The lowest BCUT2D eigenvalue weighted by atomic mass is 9.66. The van der Waals surface area contributed by atoms with Gasteiger partial charge in [0.2, 0.25) is 0 Å². The molecule has 0 aromatic rings. The minimum Gasteiger partial charge on any atom is -0.395 e. The minimum absolute atomic E-state index is 0.00579. The number of nitrogens with two attached hydrogens (primary N) is 1. The molecule has 1 atom stereocenters. The average molecular weight is 129 g/mol. The molecule has 0 saturated heterocycles. The SMILES string of the molecule is CC1(C(N)CO)CCC1. The Kier molecular flexibility index (Phi) is 1.78. The summed E-state index contributed by atoms with van der Waals surface area (Å²) in [5, 5.41) is 8.71. The second-order valence-corrected chi connectivity index (χ2v) is 3.30. The standard InChI is InChI=1S/C7H15NO/c1-7(3-2-4-7)6(8)5-9/h6,9H,2-5,8H2,1H3. The molecular weight excluding hydrogens is 114 g/mol. The third kappa shape index (κ3) is 1.10. The summed E-state index contributed by atoms with van der Waals surface area (Å²) < 4.78 is 0. The van der Waals surface area contributed by atoms with E-state index in [0.29, 0.717) is 0 Å². The molecule has 0 aliphatic heterocycles. The van der Waals surface area contributed by atoms with Gasteiger partial charge in [-0.1, -0.05) is 13.3 Å². The maximum atomic E-state index is 8.71. The highest BCUT2D eigenvalue weighted by Crippen LogP contribution is 2.42. The minimum atomic E-state index is 0.00579. The Morgan fingerprint density at radius 1 is 1.67 bits per heavy atom. The summed E-state index contributed by atoms with van der Waals surface area (Å²) in [4.78, 5) is 0. The van der Waals surface area contributed by atoms with E-state index in [2.05, 4.69) is 6.92 Å². The van der Waals surface area contributed by atoms with Gasteiger partial charge in [-0.3, -0.25) is 0 Å². The van der Waals surface area contributed by atoms with Crippen molar-refractivity contribution >= 4 is 0 Å². The average Bonchev–Trinajstić information content (AvgIpc) is 1.81. The van der Waals surface area contributed by atoms with Gasteiger partial charge in [-0.15, -0.1) is 0 Å². The number of hydrogen-bond donors (Lipinski definition) is 2. The van der Waals surface area contributed by atoms with Gasteiger partial charge in [0.15, 0.2) is 0 Å². The third-order valence-corrected chi connectivity index (χ3v) is 2.59. The summed E-state index contributed by atoms with van der Waals surface area (Å²) in [6, 6.07) is 0.00579. The van der Waals surface area contributed by atoms with E-state index < -0.39 is 0 Å². The van der Waals surface area contributed by atoms with Gasteiger partial charge in [0.1, 0.15) is 0 Å². The Labute approximate surface area is 56.1 Å². The van der Waals surface area contributed by atoms with Gasteiger partial charge in [0.05, 0.1) is 6.61 Å². The zero-order valence-electron chi connectivity index (χ0n) is 5.93. The lowest BCUT2D eigenvalue weighted by Gasteiger charge is -2.42. The van der Waals surface area contributed by atoms with Gasteiger partial charge in [0.25, 0.3) is 0 Å². The van der Waals surface area contributed by atoms with Crippen molar-refractivity contribution in [2.75, 3.05) is 6.61 Å². The number of hydrogen-bond acceptors (Lipinski definition) is 2. The number of aliphatic hydroxyl groups excluding tert-OH is 1. The van der Waals surface area contributed by atoms with Crippen LogP contribution < -0.4 is 5.73 Å². The van der Waals surface area contributed by atoms with Crippen LogP contribution in [-0.4, -0.2) is 17.8 Å². The lowest BCUT2D eigenvalue weighted by molar-refractivity contribution is 0.0797. The van der Waals surface area contributed by atoms with E-state index in [0.717, 1.165) is 0 Å². The Bertz CT molecular complexity index is 99.1. The van der Waals surface area contributed by atoms with Crippen LogP contribution >= 0.6 is 0 Å². The van der Waals surface area contributed by atoms with Crippen LogP contribution in [-0.2, 0) is 0 Å². The predicted molar refractivity (Wildman–Crippen MR) is 37.0 cm³/mol. The second kappa shape index (κ2) is 2.27. The largest absolute Gasteiger partial charge is 0.395 e. The van der Waals surface area contributed by atoms with E-state index in [9.17, 15) is 0 Å². The molecule has 0 radical (unpaired) electrons. The van der Waals surface area contributed by atoms with Gasteiger partial charge < -0.3 is 10.8 Å². The lowest BCUT2D eigenvalue weighted by Crippen LogP contribution is -2.46. The smallest absolute Gasteiger partial charge is 0.0587 e. The molecule has 0 aromatic carbocycles. The van der Waals surface area contributed by atoms with Crippen LogP contribution in [0.4, 0.5) is 0 Å². The van der Waals surface area contributed by atoms with Crippen molar-refractivity contribution in [3.05, 3.63) is 0 Å². The van der Waals surface area contributed by atoms with Crippen molar-refractivity contribution < 1.29 is 5.11 Å². The summed E-state index contributed by atoms with van der Waals surface area (Å²) in [7, 11) is 0. The summed E-state index contributed by atoms with van der Waals surface area (Å²) in [6.07, 6.45) is 3.66. The van der Waals surface area contributed by atoms with E-state index >= 15 is 0 Å². The molecule has 0 heterocycles. The molecule has 3 N–H and O–H groups in total. The number of rotatable bonds is 2. The summed E-state index contributed by atoms with van der Waals surface area (Å²) in [6.45, 7) is 2.29. The maximum absolute atomic E-state index is 8.71. The summed E-state index contributed by atoms with van der Waals surface area (Å²) in [5.41, 5.74) is 5.92. The molecule has 0 aromatic heterocycles. The van der Waals surface area contributed by atoms with E-state index in [1.165, 1.54) is 19.3 Å². The van der Waals surface area contributed by atoms with Gasteiger partial charge in [-0.2, -0.15) is 0 Å². The molecule has 1 aliphatic carbocycles. The number of aliphatic hydroxyl groups is 1. The monoisotopic (exact) mass is 129 g/mol. The fourth-order valence-electron chi connectivity index (χ4n) is 1.33. The first-order chi connectivity index (χ1) is 4.19. The van der Waals surface area contributed by atoms with E-state index in [-0.39, 0.29) is 18.1 Å². The van der Waals surface area contributed by atoms with Crippen LogP contribution in [0.25, 0.3) is 0 Å². The van der Waals surface area contributed by atoms with Crippen LogP contribution in [0.1, 0.15) is 26.2 Å². The van der Waals surface area contributed by atoms with Crippen molar-refractivity contribution in [1.29, 1.82) is 0 Å². The molecule has 0 amide bonds. The molecular formula is C7H15NO. The van der Waals surface area contributed by atoms with Gasteiger partial charge in [-0.05, 0) is 18.3 Å². The van der Waals surface area contributed by atoms with Crippen molar-refractivity contribution in [2.24, 2.45) is 11.1 Å². The van der Waals surface area contributed by atoms with E-state index in [1.54, 1.807) is 0 Å². The second-order valence-electron chi connectivity index (χ2n) is 3.30. The Hall–Kier alpha value is -0.0800. The van der Waals surface area contributed by atoms with Crippen molar-refractivity contribution in [2.45, 2.75) is 32.2 Å². The Morgan fingerprint density at radius 2 is 2.22 bits per heavy atom. The highest BCUT2D eigenvalue weighted by atomic mass is 16.3. The first-order valence-corrected chi connectivity index (χ1v) is 3.55. The third-order valence-electron chi connectivity index (χ3n) is 2.59. The Balaban J connectivity index is 2.38. The van der Waals surface area contributed by atoms with Crippen molar-refractivity contribution in [3.8, 4) is 0 Å². The van der Waals surface area contributed by atoms with Crippen molar-refractivity contribution in [3.63, 3.8) is 0 Å². The highest BCUT2D eigenvalue weighted by molar-refractivity contribution is 4.91. The molecule has 1 saturated carbocycles. The molecule has 9 heavy (non-hydrogen) atoms. The fourth-order valence-corrected chi connectivity index (χ4v) is 1.33. The molecule has 1 fully saturated rings. The molecule has 0 spiro atoms. The van der Waals surface area contributed by atoms with Gasteiger partial charge >= 0.3 is 0 Å². The molecule has 0 bridgehead atoms. The van der Waals surface area contributed by atoms with Crippen LogP contribution in [0.15, 0.2) is 0 Å². The highest BCUT2D eigenvalue weighted by Gasteiger charge is 2.36. The van der Waals surface area contributed by atoms with Crippen LogP contribution in [0.5, 0.6) is 0 Å². The molecule has 54 valence electrons. The quantitative estimate of drug-likeness (QED) is 0.570. The van der Waals surface area contributed by atoms with Gasteiger partial charge in [-0.25, -0.2) is 0 Å². The summed E-state index contributed by atoms with van der Waals surface area (Å²) >= 11 is 0. The van der Waals surface area contributed by atoms with E-state index in [4.69, 9.17) is 10.8 Å². The van der Waals surface area contributed by atoms with Crippen molar-refractivity contribution in [1.82, 2.24) is 0 Å². The van der Waals surface area contributed by atoms with Gasteiger partial charge in [0, 0.05) is 6.04 Å². The van der Waals surface area contributed by atoms with Crippen LogP contribution in [0.2, 0.25) is 0 Å². The fraction of sp³-hybridized carbons (Fsp3) is 1.00. The normalized spacial score (nSPS) is 27.0. The topological polar surface area (TPSA) is 46.2 Å². The zero-order valence-corrected chi connectivity index (χ0v) is 5.93.